The minimum atomic E-state index is -0.363. The lowest BCUT2D eigenvalue weighted by Gasteiger charge is -2.06. The Morgan fingerprint density at radius 1 is 1.05 bits per heavy atom. The molecule has 0 aromatic heterocycles. The average molecular weight is 277 g/mol. The molecule has 0 heterocycles. The van der Waals surface area contributed by atoms with Crippen LogP contribution >= 0.6 is 11.6 Å². The maximum atomic E-state index is 11.8. The van der Waals surface area contributed by atoms with Gasteiger partial charge in [0.1, 0.15) is 12.4 Å². The van der Waals surface area contributed by atoms with Crippen molar-refractivity contribution in [1.82, 2.24) is 0 Å². The Balaban J connectivity index is 1.95. The number of benzene rings is 2. The molecule has 0 amide bonds. The lowest BCUT2D eigenvalue weighted by molar-refractivity contribution is 0.0472. The molecule has 0 saturated carbocycles. The van der Waals surface area contributed by atoms with Gasteiger partial charge in [-0.15, -0.1) is 0 Å². The fourth-order valence-corrected chi connectivity index (χ4v) is 1.67. The molecule has 4 heteroatoms. The number of hydrogen-bond acceptors (Lipinski definition) is 3. The highest BCUT2D eigenvalue weighted by Crippen LogP contribution is 2.14. The Bertz CT molecular complexity index is 547. The fourth-order valence-electron chi connectivity index (χ4n) is 1.54. The van der Waals surface area contributed by atoms with Gasteiger partial charge in [0.2, 0.25) is 0 Å². The van der Waals surface area contributed by atoms with Gasteiger partial charge >= 0.3 is 5.97 Å². The van der Waals surface area contributed by atoms with Crippen molar-refractivity contribution in [3.63, 3.8) is 0 Å². The minimum Gasteiger partial charge on any atom is -0.497 e. The Labute approximate surface area is 116 Å². The topological polar surface area (TPSA) is 35.5 Å². The molecule has 0 atom stereocenters. The van der Waals surface area contributed by atoms with Gasteiger partial charge < -0.3 is 9.47 Å². The lowest BCUT2D eigenvalue weighted by Crippen LogP contribution is -2.05. The minimum absolute atomic E-state index is 0.224. The highest BCUT2D eigenvalue weighted by Gasteiger charge is 2.07. The van der Waals surface area contributed by atoms with Crippen LogP contribution in [-0.4, -0.2) is 13.1 Å². The second-order valence-corrected chi connectivity index (χ2v) is 4.37. The van der Waals surface area contributed by atoms with Crippen LogP contribution in [0.15, 0.2) is 48.5 Å². The zero-order valence-corrected chi connectivity index (χ0v) is 11.2. The van der Waals surface area contributed by atoms with Gasteiger partial charge in [0, 0.05) is 5.02 Å². The molecule has 2 aromatic rings. The van der Waals surface area contributed by atoms with Crippen LogP contribution in [0, 0.1) is 0 Å². The van der Waals surface area contributed by atoms with E-state index in [4.69, 9.17) is 21.1 Å². The normalized spacial score (nSPS) is 10.0. The van der Waals surface area contributed by atoms with Crippen molar-refractivity contribution in [2.45, 2.75) is 6.61 Å². The molecule has 0 fully saturated rings. The van der Waals surface area contributed by atoms with Gasteiger partial charge in [-0.3, -0.25) is 0 Å². The van der Waals surface area contributed by atoms with Crippen molar-refractivity contribution in [2.75, 3.05) is 7.11 Å². The molecule has 2 rings (SSSR count). The molecule has 0 saturated heterocycles. The predicted octanol–water partition coefficient (Wildman–Crippen LogP) is 3.71. The van der Waals surface area contributed by atoms with Gasteiger partial charge in [-0.1, -0.05) is 23.7 Å². The summed E-state index contributed by atoms with van der Waals surface area (Å²) in [5.41, 5.74) is 1.39. The first-order valence-electron chi connectivity index (χ1n) is 5.74. The van der Waals surface area contributed by atoms with Crippen LogP contribution in [-0.2, 0) is 11.3 Å². The number of methoxy groups -OCH3 is 1. The number of hydrogen-bond donors (Lipinski definition) is 0. The molecular weight excluding hydrogens is 264 g/mol. The van der Waals surface area contributed by atoms with Crippen LogP contribution in [0.4, 0.5) is 0 Å². The molecule has 0 aliphatic carbocycles. The molecule has 3 nitrogen and oxygen atoms in total. The number of rotatable bonds is 4. The smallest absolute Gasteiger partial charge is 0.338 e. The first kappa shape index (κ1) is 13.4. The van der Waals surface area contributed by atoms with Gasteiger partial charge in [0.05, 0.1) is 12.7 Å². The van der Waals surface area contributed by atoms with E-state index in [2.05, 4.69) is 0 Å². The Hall–Kier alpha value is -2.00. The maximum absolute atomic E-state index is 11.8. The van der Waals surface area contributed by atoms with E-state index in [1.807, 2.05) is 12.1 Å². The van der Waals surface area contributed by atoms with E-state index >= 15 is 0 Å². The van der Waals surface area contributed by atoms with E-state index in [0.29, 0.717) is 16.3 Å². The van der Waals surface area contributed by atoms with Gasteiger partial charge in [-0.2, -0.15) is 0 Å². The Morgan fingerprint density at radius 2 is 1.68 bits per heavy atom. The third-order valence-electron chi connectivity index (χ3n) is 2.61. The third-order valence-corrected chi connectivity index (χ3v) is 2.86. The highest BCUT2D eigenvalue weighted by atomic mass is 35.5. The molecule has 2 aromatic carbocycles. The van der Waals surface area contributed by atoms with Gasteiger partial charge in [0.25, 0.3) is 0 Å². The third kappa shape index (κ3) is 3.73. The molecular formula is C15H13ClO3. The molecule has 0 aliphatic rings. The average Bonchev–Trinajstić information content (AvgIpc) is 2.46. The molecule has 0 aliphatic heterocycles. The SMILES string of the molecule is COc1ccc(C(=O)OCc2ccc(Cl)cc2)cc1. The molecule has 0 N–H and O–H groups in total. The zero-order valence-electron chi connectivity index (χ0n) is 10.4. The molecule has 0 spiro atoms. The monoisotopic (exact) mass is 276 g/mol. The number of carbonyl (C=O) groups excluding carboxylic acids is 1. The summed E-state index contributed by atoms with van der Waals surface area (Å²) in [5, 5.41) is 0.658. The van der Waals surface area contributed by atoms with Crippen molar-refractivity contribution in [1.29, 1.82) is 0 Å². The molecule has 0 unspecified atom stereocenters. The fraction of sp³-hybridized carbons (Fsp3) is 0.133. The summed E-state index contributed by atoms with van der Waals surface area (Å²) in [6, 6.07) is 14.0. The Morgan fingerprint density at radius 3 is 2.26 bits per heavy atom. The van der Waals surface area contributed by atoms with E-state index in [0.717, 1.165) is 5.56 Å². The van der Waals surface area contributed by atoms with Crippen LogP contribution in [0.2, 0.25) is 5.02 Å². The first-order valence-corrected chi connectivity index (χ1v) is 6.12. The first-order chi connectivity index (χ1) is 9.19. The summed E-state index contributed by atoms with van der Waals surface area (Å²) < 4.78 is 10.2. The van der Waals surface area contributed by atoms with Gasteiger partial charge in [0.15, 0.2) is 0 Å². The van der Waals surface area contributed by atoms with Crippen molar-refractivity contribution >= 4 is 17.6 Å². The molecule has 0 radical (unpaired) electrons. The van der Waals surface area contributed by atoms with Crippen LogP contribution in [0.1, 0.15) is 15.9 Å². The summed E-state index contributed by atoms with van der Waals surface area (Å²) in [6.07, 6.45) is 0. The van der Waals surface area contributed by atoms with Crippen LogP contribution in [0.5, 0.6) is 5.75 Å². The molecule has 0 bridgehead atoms. The summed E-state index contributed by atoms with van der Waals surface area (Å²) in [7, 11) is 1.58. The van der Waals surface area contributed by atoms with Crippen molar-refractivity contribution in [2.24, 2.45) is 0 Å². The second-order valence-electron chi connectivity index (χ2n) is 3.93. The standard InChI is InChI=1S/C15H13ClO3/c1-18-14-8-4-12(5-9-14)15(17)19-10-11-2-6-13(16)7-3-11/h2-9H,10H2,1H3. The number of halogens is 1. The van der Waals surface area contributed by atoms with Gasteiger partial charge in [-0.05, 0) is 42.0 Å². The van der Waals surface area contributed by atoms with Gasteiger partial charge in [-0.25, -0.2) is 4.79 Å². The summed E-state index contributed by atoms with van der Waals surface area (Å²) in [6.45, 7) is 0.224. The second kappa shape index (κ2) is 6.25. The lowest BCUT2D eigenvalue weighted by atomic mass is 10.2. The van der Waals surface area contributed by atoms with E-state index in [-0.39, 0.29) is 12.6 Å². The predicted molar refractivity (Wildman–Crippen MR) is 73.6 cm³/mol. The summed E-state index contributed by atoms with van der Waals surface area (Å²) >= 11 is 5.78. The molecule has 19 heavy (non-hydrogen) atoms. The Kier molecular flexibility index (Phi) is 4.42. The zero-order chi connectivity index (χ0) is 13.7. The van der Waals surface area contributed by atoms with Crippen LogP contribution in [0.3, 0.4) is 0 Å². The van der Waals surface area contributed by atoms with E-state index in [9.17, 15) is 4.79 Å². The van der Waals surface area contributed by atoms with Crippen molar-refractivity contribution < 1.29 is 14.3 Å². The van der Waals surface area contributed by atoms with E-state index in [1.54, 1.807) is 43.5 Å². The quantitative estimate of drug-likeness (QED) is 0.799. The van der Waals surface area contributed by atoms with Crippen molar-refractivity contribution in [3.05, 3.63) is 64.7 Å². The number of esters is 1. The summed E-state index contributed by atoms with van der Waals surface area (Å²) in [5.74, 6) is 0.340. The summed E-state index contributed by atoms with van der Waals surface area (Å²) in [4.78, 5) is 11.8. The molecule has 98 valence electrons. The van der Waals surface area contributed by atoms with Crippen LogP contribution < -0.4 is 4.74 Å². The van der Waals surface area contributed by atoms with Crippen LogP contribution in [0.25, 0.3) is 0 Å². The van der Waals surface area contributed by atoms with E-state index < -0.39 is 0 Å². The van der Waals surface area contributed by atoms with Crippen molar-refractivity contribution in [3.8, 4) is 5.75 Å². The largest absolute Gasteiger partial charge is 0.497 e. The number of ether oxygens (including phenoxy) is 2. The van der Waals surface area contributed by atoms with E-state index in [1.165, 1.54) is 0 Å². The number of carbonyl (C=O) groups is 1. The highest BCUT2D eigenvalue weighted by molar-refractivity contribution is 6.30. The maximum Gasteiger partial charge on any atom is 0.338 e.